The number of amides is 1. The van der Waals surface area contributed by atoms with Crippen LogP contribution in [0.25, 0.3) is 0 Å². The number of nitrogens with two attached hydrogens (primary N) is 1. The molecule has 0 spiro atoms. The summed E-state index contributed by atoms with van der Waals surface area (Å²) in [6, 6.07) is 0.306. The summed E-state index contributed by atoms with van der Waals surface area (Å²) in [4.78, 5) is 24.5. The molecule has 0 heterocycles. The molecule has 158 valence electrons. The number of rotatable bonds is 6. The van der Waals surface area contributed by atoms with Gasteiger partial charge in [-0.1, -0.05) is 0 Å². The van der Waals surface area contributed by atoms with Crippen molar-refractivity contribution in [3.8, 4) is 0 Å². The van der Waals surface area contributed by atoms with Crippen molar-refractivity contribution >= 4 is 17.7 Å². The van der Waals surface area contributed by atoms with Crippen LogP contribution in [-0.2, 0) is 14.3 Å². The second-order valence-corrected chi connectivity index (χ2v) is 9.23. The molecule has 4 N–H and O–H groups in total. The molecule has 4 atom stereocenters. The van der Waals surface area contributed by atoms with E-state index in [0.717, 1.165) is 57.8 Å². The third kappa shape index (κ3) is 5.48. The van der Waals surface area contributed by atoms with E-state index in [1.165, 1.54) is 6.42 Å². The number of esters is 1. The van der Waals surface area contributed by atoms with Gasteiger partial charge in [-0.05, 0) is 88.9 Å². The Hall–Kier alpha value is -1.59. The third-order valence-electron chi connectivity index (χ3n) is 7.37. The minimum atomic E-state index is -0.0496. The standard InChI is InChI=1S/C22H37N3O3/c1-2-28-20(26)12-14-3-4-18-13-19(10-9-17(18)11-14)25-22(27)16-7-5-15(6-8-16)21(23)24/h14-19H,2-13H2,1H3,(H3,23,24)(H,25,27). The van der Waals surface area contributed by atoms with Gasteiger partial charge in [0.15, 0.2) is 0 Å². The molecule has 0 aliphatic heterocycles. The maximum Gasteiger partial charge on any atom is 0.306 e. The second kappa shape index (κ2) is 9.75. The number of hydrogen-bond donors (Lipinski definition) is 3. The van der Waals surface area contributed by atoms with Crippen molar-refractivity contribution < 1.29 is 14.3 Å². The fourth-order valence-corrected chi connectivity index (χ4v) is 5.74. The zero-order valence-electron chi connectivity index (χ0n) is 17.3. The second-order valence-electron chi connectivity index (χ2n) is 9.23. The van der Waals surface area contributed by atoms with Crippen LogP contribution in [0.4, 0.5) is 0 Å². The quantitative estimate of drug-likeness (QED) is 0.367. The van der Waals surface area contributed by atoms with Crippen LogP contribution in [0.2, 0.25) is 0 Å². The summed E-state index contributed by atoms with van der Waals surface area (Å²) in [6.07, 6.45) is 10.7. The SMILES string of the molecule is CCOC(=O)CC1CCC2CC(NC(=O)C3CCC(C(=N)N)CC3)CCC2C1. The molecule has 0 bridgehead atoms. The lowest BCUT2D eigenvalue weighted by Gasteiger charge is -2.42. The summed E-state index contributed by atoms with van der Waals surface area (Å²) in [6.45, 7) is 2.33. The molecule has 0 aromatic rings. The van der Waals surface area contributed by atoms with Crippen LogP contribution in [0.15, 0.2) is 0 Å². The number of amidine groups is 1. The number of carbonyl (C=O) groups is 2. The van der Waals surface area contributed by atoms with Gasteiger partial charge in [-0.25, -0.2) is 0 Å². The molecule has 0 radical (unpaired) electrons. The highest BCUT2D eigenvalue weighted by atomic mass is 16.5. The molecule has 0 aromatic heterocycles. The Morgan fingerprint density at radius 2 is 1.61 bits per heavy atom. The topological polar surface area (TPSA) is 105 Å². The van der Waals surface area contributed by atoms with Gasteiger partial charge < -0.3 is 15.8 Å². The summed E-state index contributed by atoms with van der Waals surface area (Å²) < 4.78 is 5.11. The van der Waals surface area contributed by atoms with Gasteiger partial charge in [-0.2, -0.15) is 0 Å². The molecule has 3 saturated carbocycles. The smallest absolute Gasteiger partial charge is 0.306 e. The van der Waals surface area contributed by atoms with Gasteiger partial charge in [-0.3, -0.25) is 15.0 Å². The average Bonchev–Trinajstić information content (AvgIpc) is 2.68. The first-order valence-electron chi connectivity index (χ1n) is 11.3. The van der Waals surface area contributed by atoms with Crippen LogP contribution >= 0.6 is 0 Å². The van der Waals surface area contributed by atoms with Crippen LogP contribution in [0, 0.1) is 35.0 Å². The Morgan fingerprint density at radius 1 is 0.964 bits per heavy atom. The van der Waals surface area contributed by atoms with Crippen molar-refractivity contribution in [3.05, 3.63) is 0 Å². The fourth-order valence-electron chi connectivity index (χ4n) is 5.74. The molecule has 0 aromatic carbocycles. The lowest BCUT2D eigenvalue weighted by molar-refractivity contribution is -0.144. The van der Waals surface area contributed by atoms with E-state index in [9.17, 15) is 9.59 Å². The Morgan fingerprint density at radius 3 is 2.29 bits per heavy atom. The van der Waals surface area contributed by atoms with E-state index < -0.39 is 0 Å². The zero-order chi connectivity index (χ0) is 20.1. The van der Waals surface area contributed by atoms with Crippen molar-refractivity contribution in [2.75, 3.05) is 6.61 Å². The monoisotopic (exact) mass is 391 g/mol. The van der Waals surface area contributed by atoms with Crippen molar-refractivity contribution in [1.29, 1.82) is 5.41 Å². The molecule has 4 unspecified atom stereocenters. The van der Waals surface area contributed by atoms with E-state index in [2.05, 4.69) is 5.32 Å². The van der Waals surface area contributed by atoms with E-state index in [-0.39, 0.29) is 29.5 Å². The average molecular weight is 392 g/mol. The molecule has 6 nitrogen and oxygen atoms in total. The predicted molar refractivity (Wildman–Crippen MR) is 109 cm³/mol. The van der Waals surface area contributed by atoms with Gasteiger partial charge in [0, 0.05) is 24.3 Å². The Bertz CT molecular complexity index is 571. The first-order valence-corrected chi connectivity index (χ1v) is 11.3. The Balaban J connectivity index is 1.41. The van der Waals surface area contributed by atoms with E-state index in [1.807, 2.05) is 6.92 Å². The number of hydrogen-bond acceptors (Lipinski definition) is 4. The molecule has 3 fully saturated rings. The highest BCUT2D eigenvalue weighted by Crippen LogP contribution is 2.44. The molecule has 0 saturated heterocycles. The van der Waals surface area contributed by atoms with Crippen molar-refractivity contribution in [2.45, 2.75) is 83.6 Å². The summed E-state index contributed by atoms with van der Waals surface area (Å²) in [5, 5.41) is 10.9. The summed E-state index contributed by atoms with van der Waals surface area (Å²) in [5.74, 6) is 2.56. The normalized spacial score (nSPS) is 35.5. The molecule has 6 heteroatoms. The summed E-state index contributed by atoms with van der Waals surface area (Å²) in [7, 11) is 0. The first kappa shape index (κ1) is 21.1. The van der Waals surface area contributed by atoms with Gasteiger partial charge in [0.25, 0.3) is 0 Å². The molecular weight excluding hydrogens is 354 g/mol. The van der Waals surface area contributed by atoms with Crippen molar-refractivity contribution in [1.82, 2.24) is 5.32 Å². The van der Waals surface area contributed by atoms with E-state index in [0.29, 0.717) is 36.8 Å². The lowest BCUT2D eigenvalue weighted by atomic mass is 9.65. The minimum absolute atomic E-state index is 0.0496. The Kier molecular flexibility index (Phi) is 7.36. The molecule has 3 aliphatic carbocycles. The zero-order valence-corrected chi connectivity index (χ0v) is 17.3. The minimum Gasteiger partial charge on any atom is -0.466 e. The van der Waals surface area contributed by atoms with Gasteiger partial charge >= 0.3 is 5.97 Å². The van der Waals surface area contributed by atoms with Crippen LogP contribution in [-0.4, -0.2) is 30.4 Å². The number of nitrogens with one attached hydrogen (secondary N) is 2. The number of carbonyl (C=O) groups excluding carboxylic acids is 2. The van der Waals surface area contributed by atoms with Crippen LogP contribution < -0.4 is 11.1 Å². The fraction of sp³-hybridized carbons (Fsp3) is 0.864. The van der Waals surface area contributed by atoms with E-state index >= 15 is 0 Å². The number of fused-ring (bicyclic) bond motifs is 1. The molecule has 3 aliphatic rings. The molecular formula is C22H37N3O3. The first-order chi connectivity index (χ1) is 13.5. The van der Waals surface area contributed by atoms with Crippen LogP contribution in [0.1, 0.15) is 77.6 Å². The summed E-state index contributed by atoms with van der Waals surface area (Å²) >= 11 is 0. The largest absolute Gasteiger partial charge is 0.466 e. The van der Waals surface area contributed by atoms with Crippen LogP contribution in [0.5, 0.6) is 0 Å². The van der Waals surface area contributed by atoms with Crippen molar-refractivity contribution in [3.63, 3.8) is 0 Å². The predicted octanol–water partition coefficient (Wildman–Crippen LogP) is 3.38. The third-order valence-corrected chi connectivity index (χ3v) is 7.37. The number of ether oxygens (including phenoxy) is 1. The van der Waals surface area contributed by atoms with Crippen LogP contribution in [0.3, 0.4) is 0 Å². The van der Waals surface area contributed by atoms with Gasteiger partial charge in [0.2, 0.25) is 5.91 Å². The highest BCUT2D eigenvalue weighted by molar-refractivity contribution is 5.81. The van der Waals surface area contributed by atoms with E-state index in [4.69, 9.17) is 15.9 Å². The molecule has 3 rings (SSSR count). The van der Waals surface area contributed by atoms with Gasteiger partial charge in [0.05, 0.1) is 12.4 Å². The molecule has 28 heavy (non-hydrogen) atoms. The Labute approximate surface area is 168 Å². The maximum atomic E-state index is 12.7. The van der Waals surface area contributed by atoms with Gasteiger partial charge in [0.1, 0.15) is 0 Å². The van der Waals surface area contributed by atoms with E-state index in [1.54, 1.807) is 0 Å². The highest BCUT2D eigenvalue weighted by Gasteiger charge is 2.37. The lowest BCUT2D eigenvalue weighted by Crippen LogP contribution is -2.45. The van der Waals surface area contributed by atoms with Gasteiger partial charge in [-0.15, -0.1) is 0 Å². The maximum absolute atomic E-state index is 12.7. The van der Waals surface area contributed by atoms with Crippen molar-refractivity contribution in [2.24, 2.45) is 35.3 Å². The molecule has 1 amide bonds. The summed E-state index contributed by atoms with van der Waals surface area (Å²) in [5.41, 5.74) is 5.61.